The molecule has 0 aliphatic heterocycles. The lowest BCUT2D eigenvalue weighted by molar-refractivity contribution is 0.0998. The summed E-state index contributed by atoms with van der Waals surface area (Å²) in [6.07, 6.45) is 0. The smallest absolute Gasteiger partial charge is 0.252 e. The largest absolute Gasteiger partial charge is 0.507 e. The molecule has 0 radical (unpaired) electrons. The molecule has 1 amide bonds. The molecule has 0 atom stereocenters. The number of aromatic hydroxyl groups is 1. The number of rotatable bonds is 6. The molecule has 0 saturated carbocycles. The van der Waals surface area contributed by atoms with Crippen molar-refractivity contribution in [1.82, 2.24) is 4.57 Å². The molecule has 6 nitrogen and oxygen atoms in total. The third-order valence-electron chi connectivity index (χ3n) is 4.46. The minimum absolute atomic E-state index is 0.0926. The van der Waals surface area contributed by atoms with E-state index in [0.717, 1.165) is 32.9 Å². The Morgan fingerprint density at radius 1 is 1.25 bits per heavy atom. The molecular weight excluding hydrogens is 374 g/mol. The van der Waals surface area contributed by atoms with E-state index in [1.807, 2.05) is 23.8 Å². The van der Waals surface area contributed by atoms with Crippen molar-refractivity contribution < 1.29 is 14.6 Å². The molecule has 28 heavy (non-hydrogen) atoms. The monoisotopic (exact) mass is 397 g/mol. The summed E-state index contributed by atoms with van der Waals surface area (Å²) in [5.41, 5.74) is 10.3. The van der Waals surface area contributed by atoms with Gasteiger partial charge in [-0.2, -0.15) is 0 Å². The number of carbonyl (C=O) groups excluding carboxylic acids is 1. The Bertz CT molecular complexity index is 1080. The molecule has 1 heterocycles. The van der Waals surface area contributed by atoms with Crippen molar-refractivity contribution in [2.45, 2.75) is 20.4 Å². The molecule has 1 aromatic heterocycles. The average Bonchev–Trinajstić information content (AvgIpc) is 3.05. The molecule has 3 aromatic rings. The zero-order valence-corrected chi connectivity index (χ0v) is 16.9. The Kier molecular flexibility index (Phi) is 5.96. The molecule has 146 valence electrons. The van der Waals surface area contributed by atoms with Crippen molar-refractivity contribution in [1.29, 1.82) is 0 Å². The number of hydrogen-bond acceptors (Lipinski definition) is 5. The molecule has 7 heteroatoms. The van der Waals surface area contributed by atoms with Crippen LogP contribution in [0.15, 0.2) is 46.8 Å². The number of ether oxygens (including phenoxy) is 1. The fourth-order valence-corrected chi connectivity index (χ4v) is 3.83. The molecular formula is C21H23N3O3S. The number of primary amides is 1. The topological polar surface area (TPSA) is 89.8 Å². The van der Waals surface area contributed by atoms with E-state index in [9.17, 15) is 9.90 Å². The van der Waals surface area contributed by atoms with Gasteiger partial charge in [-0.3, -0.25) is 4.79 Å². The number of aryl methyl sites for hydroxylation is 2. The van der Waals surface area contributed by atoms with E-state index in [1.54, 1.807) is 19.2 Å². The molecule has 0 bridgehead atoms. The van der Waals surface area contributed by atoms with Crippen LogP contribution in [0.2, 0.25) is 0 Å². The number of benzene rings is 2. The number of hydrogen-bond donors (Lipinski definition) is 2. The number of nitrogens with zero attached hydrogens (tertiary/aromatic N) is 2. The second kappa shape index (κ2) is 8.41. The number of carbonyl (C=O) groups is 1. The van der Waals surface area contributed by atoms with E-state index >= 15 is 0 Å². The third kappa shape index (κ3) is 4.16. The van der Waals surface area contributed by atoms with Gasteiger partial charge in [-0.1, -0.05) is 12.1 Å². The molecule has 0 saturated heterocycles. The Hall–Kier alpha value is -2.90. The van der Waals surface area contributed by atoms with Gasteiger partial charge in [-0.15, -0.1) is 11.3 Å². The Morgan fingerprint density at radius 3 is 2.75 bits per heavy atom. The van der Waals surface area contributed by atoms with E-state index < -0.39 is 5.91 Å². The van der Waals surface area contributed by atoms with E-state index in [2.05, 4.69) is 18.2 Å². The third-order valence-corrected chi connectivity index (χ3v) is 5.32. The fraction of sp³-hybridized carbons (Fsp3) is 0.238. The highest BCUT2D eigenvalue weighted by molar-refractivity contribution is 7.07. The number of nitrogens with two attached hydrogens (primary N) is 1. The van der Waals surface area contributed by atoms with Gasteiger partial charge < -0.3 is 20.1 Å². The summed E-state index contributed by atoms with van der Waals surface area (Å²) in [4.78, 5) is 17.3. The van der Waals surface area contributed by atoms with Crippen LogP contribution in [-0.4, -0.2) is 29.3 Å². The Labute approximate surface area is 167 Å². The number of thiazole rings is 1. The van der Waals surface area contributed by atoms with Gasteiger partial charge in [0.15, 0.2) is 4.80 Å². The van der Waals surface area contributed by atoms with Gasteiger partial charge in [0, 0.05) is 24.6 Å². The van der Waals surface area contributed by atoms with Crippen LogP contribution < -0.4 is 10.5 Å². The Balaban J connectivity index is 2.16. The molecule has 0 spiro atoms. The predicted molar refractivity (Wildman–Crippen MR) is 111 cm³/mol. The molecule has 0 fully saturated rings. The van der Waals surface area contributed by atoms with E-state index in [4.69, 9.17) is 15.5 Å². The van der Waals surface area contributed by atoms with Crippen LogP contribution in [0.5, 0.6) is 5.75 Å². The summed E-state index contributed by atoms with van der Waals surface area (Å²) >= 11 is 1.51. The molecule has 0 unspecified atom stereocenters. The van der Waals surface area contributed by atoms with Crippen LogP contribution in [0.25, 0.3) is 11.3 Å². The molecule has 0 aliphatic rings. The number of aromatic nitrogens is 1. The SMILES string of the molecule is COCCn1c(-c2ccc(O)c(C(N)=O)c2)csc1=Nc1cc(C)ccc1C. The van der Waals surface area contributed by atoms with Crippen molar-refractivity contribution in [3.05, 3.63) is 63.3 Å². The minimum Gasteiger partial charge on any atom is -0.507 e. The highest BCUT2D eigenvalue weighted by Gasteiger charge is 2.13. The normalized spacial score (nSPS) is 11.8. The summed E-state index contributed by atoms with van der Waals surface area (Å²) in [5.74, 6) is -0.798. The standard InChI is InChI=1S/C21H23N3O3S/c1-13-4-5-14(2)17(10-13)23-21-24(8-9-27-3)18(12-28-21)15-6-7-19(25)16(11-15)20(22)26/h4-7,10-12,25H,8-9H2,1-3H3,(H2,22,26). The minimum atomic E-state index is -0.668. The lowest BCUT2D eigenvalue weighted by Gasteiger charge is -2.10. The predicted octanol–water partition coefficient (Wildman–Crippen LogP) is 3.52. The number of amides is 1. The summed E-state index contributed by atoms with van der Waals surface area (Å²) in [6, 6.07) is 11.0. The molecule has 3 rings (SSSR count). The molecule has 0 aliphatic carbocycles. The zero-order valence-electron chi connectivity index (χ0n) is 16.1. The first-order valence-electron chi connectivity index (χ1n) is 8.83. The van der Waals surface area contributed by atoms with Crippen LogP contribution >= 0.6 is 11.3 Å². The van der Waals surface area contributed by atoms with Crippen LogP contribution in [0.4, 0.5) is 5.69 Å². The lowest BCUT2D eigenvalue weighted by Crippen LogP contribution is -2.19. The second-order valence-corrected chi connectivity index (χ2v) is 7.38. The summed E-state index contributed by atoms with van der Waals surface area (Å²) in [6.45, 7) is 5.20. The number of phenols is 1. The maximum absolute atomic E-state index is 11.6. The van der Waals surface area contributed by atoms with Crippen LogP contribution in [-0.2, 0) is 11.3 Å². The van der Waals surface area contributed by atoms with E-state index in [-0.39, 0.29) is 11.3 Å². The van der Waals surface area contributed by atoms with E-state index in [1.165, 1.54) is 17.4 Å². The van der Waals surface area contributed by atoms with Crippen LogP contribution in [0.1, 0.15) is 21.5 Å². The first-order chi connectivity index (χ1) is 13.4. The van der Waals surface area contributed by atoms with Crippen LogP contribution in [0, 0.1) is 13.8 Å². The van der Waals surface area contributed by atoms with Gasteiger partial charge in [0.2, 0.25) is 0 Å². The highest BCUT2D eigenvalue weighted by Crippen LogP contribution is 2.27. The van der Waals surface area contributed by atoms with Gasteiger partial charge in [-0.25, -0.2) is 4.99 Å². The second-order valence-electron chi connectivity index (χ2n) is 6.55. The van der Waals surface area contributed by atoms with Crippen molar-refractivity contribution in [2.75, 3.05) is 13.7 Å². The molecule has 3 N–H and O–H groups in total. The maximum atomic E-state index is 11.6. The fourth-order valence-electron chi connectivity index (χ4n) is 2.88. The van der Waals surface area contributed by atoms with Gasteiger partial charge in [0.1, 0.15) is 5.75 Å². The summed E-state index contributed by atoms with van der Waals surface area (Å²) in [7, 11) is 1.65. The average molecular weight is 398 g/mol. The highest BCUT2D eigenvalue weighted by atomic mass is 32.1. The summed E-state index contributed by atoms with van der Waals surface area (Å²) in [5, 5.41) is 11.9. The van der Waals surface area contributed by atoms with Gasteiger partial charge in [0.25, 0.3) is 5.91 Å². The zero-order chi connectivity index (χ0) is 20.3. The Morgan fingerprint density at radius 2 is 2.04 bits per heavy atom. The van der Waals surface area contributed by atoms with Gasteiger partial charge in [-0.05, 0) is 49.2 Å². The summed E-state index contributed by atoms with van der Waals surface area (Å²) < 4.78 is 7.31. The van der Waals surface area contributed by atoms with Crippen molar-refractivity contribution >= 4 is 22.9 Å². The van der Waals surface area contributed by atoms with Crippen LogP contribution in [0.3, 0.4) is 0 Å². The van der Waals surface area contributed by atoms with Gasteiger partial charge >= 0.3 is 0 Å². The first-order valence-corrected chi connectivity index (χ1v) is 9.71. The van der Waals surface area contributed by atoms with Crippen molar-refractivity contribution in [3.63, 3.8) is 0 Å². The quantitative estimate of drug-likeness (QED) is 0.667. The van der Waals surface area contributed by atoms with Crippen molar-refractivity contribution in [3.8, 4) is 17.0 Å². The van der Waals surface area contributed by atoms with E-state index in [0.29, 0.717) is 13.2 Å². The number of methoxy groups -OCH3 is 1. The first kappa shape index (κ1) is 19.9. The molecule has 2 aromatic carbocycles. The lowest BCUT2D eigenvalue weighted by atomic mass is 10.1. The van der Waals surface area contributed by atoms with Crippen molar-refractivity contribution in [2.24, 2.45) is 10.7 Å². The maximum Gasteiger partial charge on any atom is 0.252 e. The van der Waals surface area contributed by atoms with Gasteiger partial charge in [0.05, 0.1) is 23.6 Å².